The van der Waals surface area contributed by atoms with Gasteiger partial charge in [-0.05, 0) is 32.1 Å². The molecule has 2 fully saturated rings. The number of carbonyl (C=O) groups excluding carboxylic acids is 1. The first kappa shape index (κ1) is 14.8. The smallest absolute Gasteiger partial charge is 0.227 e. The lowest BCUT2D eigenvalue weighted by molar-refractivity contribution is -0.133. The fourth-order valence-electron chi connectivity index (χ4n) is 3.62. The highest BCUT2D eigenvalue weighted by Crippen LogP contribution is 2.35. The summed E-state index contributed by atoms with van der Waals surface area (Å²) in [7, 11) is 1.74. The molecule has 3 N–H and O–H groups in total. The number of ether oxygens (including phenoxy) is 1. The van der Waals surface area contributed by atoms with E-state index in [0.717, 1.165) is 44.9 Å². The molecule has 0 bridgehead atoms. The fourth-order valence-corrected chi connectivity index (χ4v) is 3.62. The number of carbonyl (C=O) groups is 1. The standard InChI is InChI=1S/C15H28N2O2/c1-19-13-8-6-7-12(13)17-14(18)15(11-16)9-4-2-3-5-10-15/h12-13H,2-11,16H2,1H3,(H,17,18). The van der Waals surface area contributed by atoms with Crippen molar-refractivity contribution in [1.29, 1.82) is 0 Å². The molecular weight excluding hydrogens is 240 g/mol. The van der Waals surface area contributed by atoms with Gasteiger partial charge in [0.1, 0.15) is 0 Å². The van der Waals surface area contributed by atoms with E-state index in [0.29, 0.717) is 6.54 Å². The summed E-state index contributed by atoms with van der Waals surface area (Å²) in [4.78, 5) is 12.7. The van der Waals surface area contributed by atoms with Crippen molar-refractivity contribution in [1.82, 2.24) is 5.32 Å². The molecule has 4 nitrogen and oxygen atoms in total. The number of amides is 1. The summed E-state index contributed by atoms with van der Waals surface area (Å²) in [6, 6.07) is 0.184. The Kier molecular flexibility index (Phi) is 5.22. The summed E-state index contributed by atoms with van der Waals surface area (Å²) in [5, 5.41) is 3.23. The second-order valence-corrected chi connectivity index (χ2v) is 6.18. The van der Waals surface area contributed by atoms with E-state index < -0.39 is 0 Å². The summed E-state index contributed by atoms with van der Waals surface area (Å²) in [6.45, 7) is 0.475. The van der Waals surface area contributed by atoms with Crippen LogP contribution in [0.3, 0.4) is 0 Å². The minimum absolute atomic E-state index is 0.172. The number of rotatable bonds is 4. The number of hydrogen-bond donors (Lipinski definition) is 2. The van der Waals surface area contributed by atoms with Crippen molar-refractivity contribution >= 4 is 5.91 Å². The summed E-state index contributed by atoms with van der Waals surface area (Å²) in [5.74, 6) is 0.172. The van der Waals surface area contributed by atoms with E-state index >= 15 is 0 Å². The quantitative estimate of drug-likeness (QED) is 0.766. The largest absolute Gasteiger partial charge is 0.379 e. The van der Waals surface area contributed by atoms with Gasteiger partial charge in [-0.15, -0.1) is 0 Å². The highest BCUT2D eigenvalue weighted by atomic mass is 16.5. The van der Waals surface area contributed by atoms with Crippen molar-refractivity contribution in [2.75, 3.05) is 13.7 Å². The van der Waals surface area contributed by atoms with Crippen molar-refractivity contribution in [2.24, 2.45) is 11.1 Å². The molecule has 4 heteroatoms. The van der Waals surface area contributed by atoms with E-state index in [1.807, 2.05) is 0 Å². The molecule has 1 amide bonds. The van der Waals surface area contributed by atoms with Crippen molar-refractivity contribution in [3.63, 3.8) is 0 Å². The zero-order valence-corrected chi connectivity index (χ0v) is 12.1. The van der Waals surface area contributed by atoms with Gasteiger partial charge in [0.15, 0.2) is 0 Å². The minimum atomic E-state index is -0.322. The topological polar surface area (TPSA) is 64.3 Å². The van der Waals surface area contributed by atoms with Crippen LogP contribution in [0, 0.1) is 5.41 Å². The first-order valence-corrected chi connectivity index (χ1v) is 7.76. The van der Waals surface area contributed by atoms with Gasteiger partial charge in [-0.3, -0.25) is 4.79 Å². The molecule has 0 saturated heterocycles. The Labute approximate surface area is 116 Å². The minimum Gasteiger partial charge on any atom is -0.379 e. The van der Waals surface area contributed by atoms with Crippen LogP contribution in [0.25, 0.3) is 0 Å². The predicted octanol–water partition coefficient (Wildman–Crippen LogP) is 1.97. The van der Waals surface area contributed by atoms with E-state index in [9.17, 15) is 4.79 Å². The van der Waals surface area contributed by atoms with Gasteiger partial charge in [-0.2, -0.15) is 0 Å². The second-order valence-electron chi connectivity index (χ2n) is 6.18. The molecule has 0 aromatic carbocycles. The van der Waals surface area contributed by atoms with Gasteiger partial charge in [0.2, 0.25) is 5.91 Å². The molecule has 0 aromatic heterocycles. The maximum Gasteiger partial charge on any atom is 0.227 e. The van der Waals surface area contributed by atoms with E-state index in [-0.39, 0.29) is 23.5 Å². The van der Waals surface area contributed by atoms with Crippen molar-refractivity contribution in [3.05, 3.63) is 0 Å². The molecule has 0 radical (unpaired) electrons. The normalized spacial score (nSPS) is 30.8. The van der Waals surface area contributed by atoms with E-state index in [1.54, 1.807) is 7.11 Å². The molecule has 0 aliphatic heterocycles. The summed E-state index contributed by atoms with van der Waals surface area (Å²) >= 11 is 0. The van der Waals surface area contributed by atoms with Gasteiger partial charge < -0.3 is 15.8 Å². The van der Waals surface area contributed by atoms with Gasteiger partial charge >= 0.3 is 0 Å². The number of nitrogens with two attached hydrogens (primary N) is 1. The van der Waals surface area contributed by atoms with Crippen LogP contribution >= 0.6 is 0 Å². The Morgan fingerprint density at radius 3 is 2.47 bits per heavy atom. The van der Waals surface area contributed by atoms with Crippen LogP contribution in [0.1, 0.15) is 57.8 Å². The lowest BCUT2D eigenvalue weighted by Gasteiger charge is -2.32. The number of methoxy groups -OCH3 is 1. The third-order valence-corrected chi connectivity index (χ3v) is 5.00. The Hall–Kier alpha value is -0.610. The van der Waals surface area contributed by atoms with Crippen molar-refractivity contribution in [2.45, 2.75) is 69.9 Å². The van der Waals surface area contributed by atoms with Gasteiger partial charge in [-0.25, -0.2) is 0 Å². The van der Waals surface area contributed by atoms with E-state index in [2.05, 4.69) is 5.32 Å². The van der Waals surface area contributed by atoms with Crippen LogP contribution in [0.2, 0.25) is 0 Å². The third-order valence-electron chi connectivity index (χ3n) is 5.00. The summed E-state index contributed by atoms with van der Waals surface area (Å²) in [5.41, 5.74) is 5.64. The molecule has 2 atom stereocenters. The van der Waals surface area contributed by atoms with Crippen LogP contribution in [0.15, 0.2) is 0 Å². The Balaban J connectivity index is 1.99. The summed E-state index contributed by atoms with van der Waals surface area (Å²) < 4.78 is 5.46. The number of nitrogens with one attached hydrogen (secondary N) is 1. The van der Waals surface area contributed by atoms with Crippen LogP contribution < -0.4 is 11.1 Å². The molecule has 0 heterocycles. The van der Waals surface area contributed by atoms with E-state index in [4.69, 9.17) is 10.5 Å². The molecule has 2 rings (SSSR count). The van der Waals surface area contributed by atoms with Gasteiger partial charge in [0, 0.05) is 13.7 Å². The lowest BCUT2D eigenvalue weighted by atomic mass is 9.79. The number of hydrogen-bond acceptors (Lipinski definition) is 3. The molecule has 110 valence electrons. The molecule has 2 aliphatic carbocycles. The molecule has 19 heavy (non-hydrogen) atoms. The molecule has 2 saturated carbocycles. The average molecular weight is 268 g/mol. The fraction of sp³-hybridized carbons (Fsp3) is 0.933. The predicted molar refractivity (Wildman–Crippen MR) is 75.8 cm³/mol. The highest BCUT2D eigenvalue weighted by molar-refractivity contribution is 5.83. The maximum atomic E-state index is 12.7. The van der Waals surface area contributed by atoms with Crippen LogP contribution in [0.4, 0.5) is 0 Å². The van der Waals surface area contributed by atoms with Crippen molar-refractivity contribution < 1.29 is 9.53 Å². The van der Waals surface area contributed by atoms with Crippen molar-refractivity contribution in [3.8, 4) is 0 Å². The third kappa shape index (κ3) is 3.29. The Morgan fingerprint density at radius 2 is 1.89 bits per heavy atom. The zero-order valence-electron chi connectivity index (χ0n) is 12.1. The average Bonchev–Trinajstić information content (AvgIpc) is 2.73. The monoisotopic (exact) mass is 268 g/mol. The van der Waals surface area contributed by atoms with E-state index in [1.165, 1.54) is 12.8 Å². The molecule has 2 unspecified atom stereocenters. The lowest BCUT2D eigenvalue weighted by Crippen LogP contribution is -2.51. The molecule has 0 spiro atoms. The Morgan fingerprint density at radius 1 is 1.21 bits per heavy atom. The first-order chi connectivity index (χ1) is 9.22. The van der Waals surface area contributed by atoms with Crippen LogP contribution in [-0.2, 0) is 9.53 Å². The second kappa shape index (κ2) is 6.71. The van der Waals surface area contributed by atoms with Crippen LogP contribution in [-0.4, -0.2) is 31.7 Å². The van der Waals surface area contributed by atoms with Gasteiger partial charge in [-0.1, -0.05) is 25.7 Å². The summed E-state index contributed by atoms with van der Waals surface area (Å²) in [6.07, 6.45) is 10.0. The first-order valence-electron chi connectivity index (χ1n) is 7.76. The SMILES string of the molecule is COC1CCCC1NC(=O)C1(CN)CCCCCC1. The van der Waals surface area contributed by atoms with Gasteiger partial charge in [0.05, 0.1) is 17.6 Å². The highest BCUT2D eigenvalue weighted by Gasteiger charge is 2.39. The molecule has 0 aromatic rings. The zero-order chi connectivity index (χ0) is 13.7. The van der Waals surface area contributed by atoms with Gasteiger partial charge in [0.25, 0.3) is 0 Å². The molecular formula is C15H28N2O2. The maximum absolute atomic E-state index is 12.7. The molecule has 2 aliphatic rings. The Bertz CT molecular complexity index is 299. The van der Waals surface area contributed by atoms with Crippen LogP contribution in [0.5, 0.6) is 0 Å².